The number of methoxy groups -OCH3 is 1. The molecule has 2 rings (SSSR count). The van der Waals surface area contributed by atoms with Gasteiger partial charge < -0.3 is 10.1 Å². The molecule has 128 valence electrons. The topological polar surface area (TPSA) is 38.3 Å². The molecule has 1 N–H and O–H groups in total. The zero-order chi connectivity index (χ0) is 17.2. The number of halogens is 1. The molecule has 1 amide bonds. The molecule has 0 fully saturated rings. The zero-order valence-corrected chi connectivity index (χ0v) is 15.3. The van der Waals surface area contributed by atoms with Crippen LogP contribution < -0.4 is 10.1 Å². The summed E-state index contributed by atoms with van der Waals surface area (Å²) in [5.41, 5.74) is 2.35. The Morgan fingerprint density at radius 3 is 2.67 bits per heavy atom. The molecule has 24 heavy (non-hydrogen) atoms. The summed E-state index contributed by atoms with van der Waals surface area (Å²) in [6.45, 7) is 0.687. The molecule has 0 aliphatic carbocycles. The molecule has 0 radical (unpaired) electrons. The van der Waals surface area contributed by atoms with Gasteiger partial charge in [0.05, 0.1) is 7.11 Å². The van der Waals surface area contributed by atoms with Gasteiger partial charge in [0.25, 0.3) is 0 Å². The van der Waals surface area contributed by atoms with Crippen LogP contribution in [0.4, 0.5) is 0 Å². The predicted molar refractivity (Wildman–Crippen MR) is 102 cm³/mol. The van der Waals surface area contributed by atoms with E-state index in [0.717, 1.165) is 34.3 Å². The smallest absolute Gasteiger partial charge is 0.220 e. The number of thioether (sulfide) groups is 1. The number of amides is 1. The lowest BCUT2D eigenvalue weighted by molar-refractivity contribution is -0.120. The Bertz CT molecular complexity index is 646. The highest BCUT2D eigenvalue weighted by Crippen LogP contribution is 2.16. The summed E-state index contributed by atoms with van der Waals surface area (Å²) in [5.74, 6) is 2.72. The Hall–Kier alpha value is -1.65. The first-order valence-corrected chi connectivity index (χ1v) is 9.42. The van der Waals surface area contributed by atoms with Gasteiger partial charge >= 0.3 is 0 Å². The van der Waals surface area contributed by atoms with Gasteiger partial charge in [-0.15, -0.1) is 0 Å². The highest BCUT2D eigenvalue weighted by molar-refractivity contribution is 7.98. The highest BCUT2D eigenvalue weighted by Gasteiger charge is 2.02. The Morgan fingerprint density at radius 2 is 1.96 bits per heavy atom. The van der Waals surface area contributed by atoms with Crippen molar-refractivity contribution in [1.29, 1.82) is 0 Å². The number of benzene rings is 2. The lowest BCUT2D eigenvalue weighted by Gasteiger charge is -2.06. The molecule has 2 aromatic rings. The fourth-order valence-electron chi connectivity index (χ4n) is 2.22. The van der Waals surface area contributed by atoms with Crippen molar-refractivity contribution in [2.75, 3.05) is 19.4 Å². The normalized spacial score (nSPS) is 10.4. The largest absolute Gasteiger partial charge is 0.497 e. The summed E-state index contributed by atoms with van der Waals surface area (Å²) < 4.78 is 5.12. The molecule has 5 heteroatoms. The maximum Gasteiger partial charge on any atom is 0.220 e. The summed E-state index contributed by atoms with van der Waals surface area (Å²) in [6.07, 6.45) is 1.25. The second-order valence-electron chi connectivity index (χ2n) is 5.38. The SMILES string of the molecule is COc1ccc(CCC(=O)NCCSCc2cccc(Cl)c2)cc1. The van der Waals surface area contributed by atoms with Crippen LogP contribution in [-0.4, -0.2) is 25.3 Å². The number of nitrogens with one attached hydrogen (secondary N) is 1. The third-order valence-electron chi connectivity index (χ3n) is 3.53. The van der Waals surface area contributed by atoms with Crippen molar-refractivity contribution in [2.24, 2.45) is 0 Å². The van der Waals surface area contributed by atoms with Crippen molar-refractivity contribution in [2.45, 2.75) is 18.6 Å². The molecule has 3 nitrogen and oxygen atoms in total. The van der Waals surface area contributed by atoms with E-state index in [1.807, 2.05) is 42.5 Å². The number of ether oxygens (including phenoxy) is 1. The average molecular weight is 364 g/mol. The standard InChI is InChI=1S/C19H22ClNO2S/c1-23-18-8-5-15(6-9-18)7-10-19(22)21-11-12-24-14-16-3-2-4-17(20)13-16/h2-6,8-9,13H,7,10-12,14H2,1H3,(H,21,22). The van der Waals surface area contributed by atoms with Crippen molar-refractivity contribution in [1.82, 2.24) is 5.32 Å². The minimum atomic E-state index is 0.0918. The summed E-state index contributed by atoms with van der Waals surface area (Å²) >= 11 is 7.74. The molecule has 0 aliphatic heterocycles. The van der Waals surface area contributed by atoms with E-state index in [2.05, 4.69) is 11.4 Å². The fourth-order valence-corrected chi connectivity index (χ4v) is 3.24. The van der Waals surface area contributed by atoms with Gasteiger partial charge in [-0.2, -0.15) is 11.8 Å². The van der Waals surface area contributed by atoms with Crippen LogP contribution in [0.3, 0.4) is 0 Å². The van der Waals surface area contributed by atoms with Crippen LogP contribution in [0.2, 0.25) is 5.02 Å². The monoisotopic (exact) mass is 363 g/mol. The highest BCUT2D eigenvalue weighted by atomic mass is 35.5. The van der Waals surface area contributed by atoms with Gasteiger partial charge in [0.2, 0.25) is 5.91 Å². The molecule has 0 spiro atoms. The maximum absolute atomic E-state index is 11.9. The lowest BCUT2D eigenvalue weighted by atomic mass is 10.1. The van der Waals surface area contributed by atoms with Crippen molar-refractivity contribution >= 4 is 29.3 Å². The summed E-state index contributed by atoms with van der Waals surface area (Å²) in [7, 11) is 1.65. The van der Waals surface area contributed by atoms with Crippen LogP contribution in [0.15, 0.2) is 48.5 Å². The van der Waals surface area contributed by atoms with Crippen LogP contribution in [0, 0.1) is 0 Å². The number of carbonyl (C=O) groups is 1. The van der Waals surface area contributed by atoms with Crippen molar-refractivity contribution in [3.8, 4) is 5.75 Å². The second kappa shape index (κ2) is 10.3. The molecular formula is C19H22ClNO2S. The molecule has 0 unspecified atom stereocenters. The van der Waals surface area contributed by atoms with E-state index in [1.165, 1.54) is 5.56 Å². The van der Waals surface area contributed by atoms with Crippen LogP contribution in [-0.2, 0) is 17.0 Å². The average Bonchev–Trinajstić information content (AvgIpc) is 2.60. The number of hydrogen-bond acceptors (Lipinski definition) is 3. The van der Waals surface area contributed by atoms with E-state index in [4.69, 9.17) is 16.3 Å². The third kappa shape index (κ3) is 6.85. The quantitative estimate of drug-likeness (QED) is 0.674. The fraction of sp³-hybridized carbons (Fsp3) is 0.316. The van der Waals surface area contributed by atoms with Crippen molar-refractivity contribution in [3.63, 3.8) is 0 Å². The Balaban J connectivity index is 1.57. The second-order valence-corrected chi connectivity index (χ2v) is 6.92. The van der Waals surface area contributed by atoms with Gasteiger partial charge in [-0.25, -0.2) is 0 Å². The Labute approximate surface area is 152 Å². The molecule has 0 saturated heterocycles. The van der Waals surface area contributed by atoms with Crippen LogP contribution in [0.5, 0.6) is 5.75 Å². The van der Waals surface area contributed by atoms with Gasteiger partial charge in [0, 0.05) is 29.5 Å². The minimum Gasteiger partial charge on any atom is -0.497 e. The first kappa shape index (κ1) is 18.7. The zero-order valence-electron chi connectivity index (χ0n) is 13.8. The maximum atomic E-state index is 11.9. The van der Waals surface area contributed by atoms with Gasteiger partial charge in [-0.3, -0.25) is 4.79 Å². The van der Waals surface area contributed by atoms with Gasteiger partial charge in [-0.1, -0.05) is 35.9 Å². The number of carbonyl (C=O) groups excluding carboxylic acids is 1. The molecule has 0 heterocycles. The van der Waals surface area contributed by atoms with Gasteiger partial charge in [0.1, 0.15) is 5.75 Å². The Morgan fingerprint density at radius 1 is 1.17 bits per heavy atom. The van der Waals surface area contributed by atoms with E-state index in [-0.39, 0.29) is 5.91 Å². The third-order valence-corrected chi connectivity index (χ3v) is 4.79. The van der Waals surface area contributed by atoms with Crippen LogP contribution in [0.25, 0.3) is 0 Å². The van der Waals surface area contributed by atoms with E-state index < -0.39 is 0 Å². The molecule has 0 aliphatic rings. The lowest BCUT2D eigenvalue weighted by Crippen LogP contribution is -2.25. The van der Waals surface area contributed by atoms with Crippen LogP contribution >= 0.6 is 23.4 Å². The predicted octanol–water partition coefficient (Wildman–Crippen LogP) is 4.33. The summed E-state index contributed by atoms with van der Waals surface area (Å²) in [6, 6.07) is 15.7. The molecule has 0 saturated carbocycles. The number of rotatable bonds is 9. The van der Waals surface area contributed by atoms with Crippen LogP contribution in [0.1, 0.15) is 17.5 Å². The molecular weight excluding hydrogens is 342 g/mol. The van der Waals surface area contributed by atoms with Crippen molar-refractivity contribution in [3.05, 3.63) is 64.7 Å². The Kier molecular flexibility index (Phi) is 7.99. The summed E-state index contributed by atoms with van der Waals surface area (Å²) in [4.78, 5) is 11.9. The number of hydrogen-bond donors (Lipinski definition) is 1. The molecule has 0 atom stereocenters. The molecule has 0 bridgehead atoms. The van der Waals surface area contributed by atoms with E-state index >= 15 is 0 Å². The first-order chi connectivity index (χ1) is 11.7. The molecule has 2 aromatic carbocycles. The minimum absolute atomic E-state index is 0.0918. The number of aryl methyl sites for hydroxylation is 1. The van der Waals surface area contributed by atoms with E-state index in [1.54, 1.807) is 18.9 Å². The van der Waals surface area contributed by atoms with Gasteiger partial charge in [0.15, 0.2) is 0 Å². The van der Waals surface area contributed by atoms with E-state index in [9.17, 15) is 4.79 Å². The van der Waals surface area contributed by atoms with Gasteiger partial charge in [-0.05, 0) is 41.8 Å². The van der Waals surface area contributed by atoms with Crippen molar-refractivity contribution < 1.29 is 9.53 Å². The molecule has 0 aromatic heterocycles. The van der Waals surface area contributed by atoms with E-state index in [0.29, 0.717) is 13.0 Å². The first-order valence-electron chi connectivity index (χ1n) is 7.89. The summed E-state index contributed by atoms with van der Waals surface area (Å²) in [5, 5.41) is 3.73.